The molecule has 3 aromatic carbocycles. The van der Waals surface area contributed by atoms with Crippen LogP contribution in [0.3, 0.4) is 0 Å². The molecule has 1 saturated heterocycles. The van der Waals surface area contributed by atoms with E-state index in [0.29, 0.717) is 27.3 Å². The summed E-state index contributed by atoms with van der Waals surface area (Å²) >= 11 is 12.9. The second kappa shape index (κ2) is 9.60. The molecule has 31 heavy (non-hydrogen) atoms. The van der Waals surface area contributed by atoms with E-state index in [1.165, 1.54) is 4.90 Å². The van der Waals surface area contributed by atoms with Crippen LogP contribution in [0.4, 0.5) is 4.79 Å². The molecule has 0 saturated carbocycles. The minimum absolute atomic E-state index is 0.178. The molecule has 0 bridgehead atoms. The number of amides is 2. The van der Waals surface area contributed by atoms with Crippen LogP contribution < -0.4 is 4.74 Å². The van der Waals surface area contributed by atoms with Gasteiger partial charge in [0, 0.05) is 15.6 Å². The van der Waals surface area contributed by atoms with Crippen LogP contribution in [0, 0.1) is 0 Å². The molecule has 0 aromatic heterocycles. The van der Waals surface area contributed by atoms with E-state index in [0.717, 1.165) is 28.5 Å². The average Bonchev–Trinajstić information content (AvgIpc) is 3.02. The van der Waals surface area contributed by atoms with Crippen LogP contribution in [0.25, 0.3) is 6.08 Å². The van der Waals surface area contributed by atoms with Crippen LogP contribution in [0.1, 0.15) is 16.7 Å². The van der Waals surface area contributed by atoms with Gasteiger partial charge in [-0.1, -0.05) is 65.7 Å². The monoisotopic (exact) mass is 469 g/mol. The topological polar surface area (TPSA) is 46.6 Å². The molecule has 1 aliphatic rings. The molecule has 0 atom stereocenters. The molecule has 4 rings (SSSR count). The second-order valence-electron chi connectivity index (χ2n) is 6.85. The van der Waals surface area contributed by atoms with Crippen LogP contribution in [-0.2, 0) is 17.9 Å². The highest BCUT2D eigenvalue weighted by Gasteiger charge is 2.35. The van der Waals surface area contributed by atoms with E-state index in [2.05, 4.69) is 0 Å². The van der Waals surface area contributed by atoms with Crippen LogP contribution in [0.2, 0.25) is 10.0 Å². The highest BCUT2D eigenvalue weighted by Crippen LogP contribution is 2.35. The molecule has 0 aliphatic carbocycles. The lowest BCUT2D eigenvalue weighted by molar-refractivity contribution is -0.123. The van der Waals surface area contributed by atoms with Crippen LogP contribution >= 0.6 is 35.0 Å². The van der Waals surface area contributed by atoms with Crippen LogP contribution in [0.5, 0.6) is 5.75 Å². The Kier molecular flexibility index (Phi) is 6.66. The molecule has 4 nitrogen and oxygen atoms in total. The second-order valence-corrected chi connectivity index (χ2v) is 8.72. The summed E-state index contributed by atoms with van der Waals surface area (Å²) in [6.45, 7) is 0.537. The summed E-state index contributed by atoms with van der Waals surface area (Å²) in [5.41, 5.74) is 2.49. The van der Waals surface area contributed by atoms with Crippen molar-refractivity contribution in [2.75, 3.05) is 0 Å². The fourth-order valence-electron chi connectivity index (χ4n) is 3.07. The van der Waals surface area contributed by atoms with E-state index in [1.807, 2.05) is 54.6 Å². The number of hydrogen-bond donors (Lipinski definition) is 0. The lowest BCUT2D eigenvalue weighted by Crippen LogP contribution is -2.27. The molecule has 0 unspecified atom stereocenters. The number of thioether (sulfide) groups is 1. The molecule has 3 aromatic rings. The third-order valence-corrected chi connectivity index (χ3v) is 6.01. The number of hydrogen-bond acceptors (Lipinski definition) is 4. The number of benzene rings is 3. The van der Waals surface area contributed by atoms with Crippen molar-refractivity contribution in [1.29, 1.82) is 0 Å². The highest BCUT2D eigenvalue weighted by molar-refractivity contribution is 8.18. The van der Waals surface area contributed by atoms with E-state index in [4.69, 9.17) is 27.9 Å². The average molecular weight is 470 g/mol. The smallest absolute Gasteiger partial charge is 0.293 e. The first-order chi connectivity index (χ1) is 15.0. The van der Waals surface area contributed by atoms with Gasteiger partial charge in [0.1, 0.15) is 12.4 Å². The van der Waals surface area contributed by atoms with Gasteiger partial charge in [-0.15, -0.1) is 0 Å². The molecule has 2 amide bonds. The Morgan fingerprint density at radius 2 is 1.65 bits per heavy atom. The zero-order valence-electron chi connectivity index (χ0n) is 16.3. The maximum absolute atomic E-state index is 12.9. The predicted molar refractivity (Wildman–Crippen MR) is 125 cm³/mol. The van der Waals surface area contributed by atoms with Gasteiger partial charge in [0.2, 0.25) is 0 Å². The minimum Gasteiger partial charge on any atom is -0.488 e. The third-order valence-electron chi connectivity index (χ3n) is 4.62. The molecule has 1 heterocycles. The molecular weight excluding hydrogens is 453 g/mol. The van der Waals surface area contributed by atoms with E-state index < -0.39 is 0 Å². The number of ether oxygens (including phenoxy) is 1. The minimum atomic E-state index is -0.331. The van der Waals surface area contributed by atoms with Gasteiger partial charge in [-0.2, -0.15) is 0 Å². The van der Waals surface area contributed by atoms with Crippen molar-refractivity contribution in [1.82, 2.24) is 4.90 Å². The zero-order chi connectivity index (χ0) is 21.8. The summed E-state index contributed by atoms with van der Waals surface area (Å²) in [4.78, 5) is 26.9. The number of carbonyl (C=O) groups is 2. The van der Waals surface area contributed by atoms with Gasteiger partial charge in [-0.3, -0.25) is 14.5 Å². The fourth-order valence-corrected chi connectivity index (χ4v) is 4.24. The first-order valence-corrected chi connectivity index (χ1v) is 11.0. The molecule has 1 fully saturated rings. The number of nitrogens with zero attached hydrogens (tertiary/aromatic N) is 1. The largest absolute Gasteiger partial charge is 0.488 e. The van der Waals surface area contributed by atoms with E-state index in [-0.39, 0.29) is 17.7 Å². The Morgan fingerprint density at radius 3 is 2.42 bits per heavy atom. The summed E-state index contributed by atoms with van der Waals surface area (Å²) in [5, 5.41) is 0.917. The van der Waals surface area contributed by atoms with E-state index in [1.54, 1.807) is 24.3 Å². The number of para-hydroxylation sites is 1. The van der Waals surface area contributed by atoms with Gasteiger partial charge in [0.05, 0.1) is 11.4 Å². The number of carbonyl (C=O) groups excluding carboxylic acids is 2. The maximum Gasteiger partial charge on any atom is 0.293 e. The summed E-state index contributed by atoms with van der Waals surface area (Å²) in [6, 6.07) is 21.9. The standard InChI is InChI=1S/C24H17Cl2NO3S/c25-19-10-8-16(9-11-19)15-30-21-7-2-1-5-18(21)13-22-23(28)27(24(29)31-22)14-17-4-3-6-20(26)12-17/h1-13H,14-15H2/b22-13-. The Labute approximate surface area is 194 Å². The number of rotatable bonds is 6. The Bertz CT molecular complexity index is 1160. The van der Waals surface area contributed by atoms with Crippen molar-refractivity contribution in [2.45, 2.75) is 13.2 Å². The number of imide groups is 1. The highest BCUT2D eigenvalue weighted by atomic mass is 35.5. The van der Waals surface area contributed by atoms with Crippen LogP contribution in [-0.4, -0.2) is 16.0 Å². The fraction of sp³-hybridized carbons (Fsp3) is 0.0833. The van der Waals surface area contributed by atoms with Gasteiger partial charge < -0.3 is 4.74 Å². The van der Waals surface area contributed by atoms with Gasteiger partial charge in [-0.25, -0.2) is 0 Å². The maximum atomic E-state index is 12.9. The quantitative estimate of drug-likeness (QED) is 0.372. The van der Waals surface area contributed by atoms with Crippen molar-refractivity contribution >= 4 is 52.2 Å². The van der Waals surface area contributed by atoms with Gasteiger partial charge in [0.15, 0.2) is 0 Å². The SMILES string of the molecule is O=C1S/C(=C\c2ccccc2OCc2ccc(Cl)cc2)C(=O)N1Cc1cccc(Cl)c1. The van der Waals surface area contributed by atoms with Crippen molar-refractivity contribution in [3.8, 4) is 5.75 Å². The van der Waals surface area contributed by atoms with Gasteiger partial charge in [0.25, 0.3) is 11.1 Å². The third kappa shape index (κ3) is 5.31. The zero-order valence-corrected chi connectivity index (χ0v) is 18.6. The summed E-state index contributed by atoms with van der Waals surface area (Å²) in [7, 11) is 0. The van der Waals surface area contributed by atoms with Crippen molar-refractivity contribution in [3.63, 3.8) is 0 Å². The predicted octanol–water partition coefficient (Wildman–Crippen LogP) is 6.81. The summed E-state index contributed by atoms with van der Waals surface area (Å²) < 4.78 is 5.95. The van der Waals surface area contributed by atoms with Crippen LogP contribution in [0.15, 0.2) is 77.7 Å². The lowest BCUT2D eigenvalue weighted by atomic mass is 10.1. The molecule has 0 radical (unpaired) electrons. The molecule has 0 spiro atoms. The first kappa shape index (κ1) is 21.5. The molecule has 156 valence electrons. The number of halogens is 2. The molecule has 7 heteroatoms. The van der Waals surface area contributed by atoms with E-state index in [9.17, 15) is 9.59 Å². The van der Waals surface area contributed by atoms with Gasteiger partial charge in [-0.05, 0) is 59.3 Å². The summed E-state index contributed by atoms with van der Waals surface area (Å²) in [6.07, 6.45) is 1.69. The van der Waals surface area contributed by atoms with Crippen molar-refractivity contribution in [3.05, 3.63) is 104 Å². The van der Waals surface area contributed by atoms with Crippen molar-refractivity contribution < 1.29 is 14.3 Å². The Hall–Kier alpha value is -2.73. The van der Waals surface area contributed by atoms with Crippen molar-refractivity contribution in [2.24, 2.45) is 0 Å². The molecule has 1 aliphatic heterocycles. The Balaban J connectivity index is 1.51. The normalized spacial score (nSPS) is 15.0. The lowest BCUT2D eigenvalue weighted by Gasteiger charge is -2.12. The Morgan fingerprint density at radius 1 is 0.871 bits per heavy atom. The molecular formula is C24H17Cl2NO3S. The van der Waals surface area contributed by atoms with E-state index >= 15 is 0 Å². The first-order valence-electron chi connectivity index (χ1n) is 9.46. The van der Waals surface area contributed by atoms with Gasteiger partial charge >= 0.3 is 0 Å². The molecule has 0 N–H and O–H groups in total. The summed E-state index contributed by atoms with van der Waals surface area (Å²) in [5.74, 6) is 0.293.